The molecule has 0 saturated carbocycles. The number of aryl methyl sites for hydroxylation is 2. The molecule has 2 aromatic heterocycles. The summed E-state index contributed by atoms with van der Waals surface area (Å²) in [7, 11) is 0. The predicted octanol–water partition coefficient (Wildman–Crippen LogP) is 5.71. The van der Waals surface area contributed by atoms with E-state index in [1.54, 1.807) is 30.9 Å². The van der Waals surface area contributed by atoms with Crippen molar-refractivity contribution in [1.82, 2.24) is 9.97 Å². The summed E-state index contributed by atoms with van der Waals surface area (Å²) in [5, 5.41) is 5.48. The van der Waals surface area contributed by atoms with Crippen molar-refractivity contribution in [2.45, 2.75) is 47.3 Å². The molecule has 2 aromatic carbocycles. The van der Waals surface area contributed by atoms with Crippen molar-refractivity contribution < 1.29 is 0 Å². The molecule has 39 heavy (non-hydrogen) atoms. The molecule has 0 radical (unpaired) electrons. The normalized spacial score (nSPS) is 11.4. The van der Waals surface area contributed by atoms with Crippen LogP contribution in [0.2, 0.25) is 0 Å². The number of hydrogen-bond acceptors (Lipinski definition) is 8. The Bertz CT molecular complexity index is 1470. The van der Waals surface area contributed by atoms with Crippen molar-refractivity contribution in [2.24, 2.45) is 15.7 Å². The molecule has 0 unspecified atom stereocenters. The van der Waals surface area contributed by atoms with Crippen molar-refractivity contribution >= 4 is 40.5 Å². The van der Waals surface area contributed by atoms with Gasteiger partial charge in [-0.05, 0) is 71.5 Å². The summed E-state index contributed by atoms with van der Waals surface area (Å²) in [5.74, 6) is 1.26. The topological polar surface area (TPSA) is 141 Å². The molecule has 2 heterocycles. The van der Waals surface area contributed by atoms with Crippen LogP contribution in [-0.2, 0) is 19.6 Å². The minimum absolute atomic E-state index is 0.550. The van der Waals surface area contributed by atoms with E-state index in [9.17, 15) is 0 Å². The molecule has 4 aromatic rings. The van der Waals surface area contributed by atoms with Gasteiger partial charge in [0.05, 0.1) is 13.1 Å². The third-order valence-electron chi connectivity index (χ3n) is 6.23. The van der Waals surface area contributed by atoms with E-state index in [0.717, 1.165) is 33.0 Å². The average Bonchev–Trinajstić information content (AvgIpc) is 2.94. The summed E-state index contributed by atoms with van der Waals surface area (Å²) in [6.07, 6.45) is 10.1. The number of nitrogens with two attached hydrogens (primary N) is 3. The largest absolute Gasteiger partial charge is 0.405 e. The van der Waals surface area contributed by atoms with Crippen LogP contribution in [0, 0.1) is 13.8 Å². The minimum Gasteiger partial charge on any atom is -0.405 e. The Morgan fingerprint density at radius 3 is 2.26 bits per heavy atom. The third kappa shape index (κ3) is 7.64. The lowest BCUT2D eigenvalue weighted by Gasteiger charge is -2.15. The Morgan fingerprint density at radius 2 is 1.59 bits per heavy atom. The molecule has 8 heteroatoms. The third-order valence-corrected chi connectivity index (χ3v) is 6.23. The van der Waals surface area contributed by atoms with Gasteiger partial charge in [0, 0.05) is 54.1 Å². The van der Waals surface area contributed by atoms with Crippen LogP contribution in [0.25, 0.3) is 10.8 Å². The molecule has 0 spiro atoms. The highest BCUT2D eigenvalue weighted by Gasteiger charge is 2.10. The van der Waals surface area contributed by atoms with Crippen LogP contribution in [0.1, 0.15) is 47.2 Å². The summed E-state index contributed by atoms with van der Waals surface area (Å²) in [5.41, 5.74) is 24.8. The molecule has 8 nitrogen and oxygen atoms in total. The highest BCUT2D eigenvalue weighted by atomic mass is 15.0. The van der Waals surface area contributed by atoms with Gasteiger partial charge >= 0.3 is 0 Å². The van der Waals surface area contributed by atoms with E-state index in [0.29, 0.717) is 37.0 Å². The van der Waals surface area contributed by atoms with E-state index in [1.807, 2.05) is 26.0 Å². The van der Waals surface area contributed by atoms with Crippen molar-refractivity contribution in [3.63, 3.8) is 0 Å². The smallest absolute Gasteiger partial charge is 0.131 e. The second-order valence-electron chi connectivity index (χ2n) is 8.80. The van der Waals surface area contributed by atoms with Gasteiger partial charge in [0.15, 0.2) is 0 Å². The monoisotopic (exact) mass is 522 g/mol. The number of pyridine rings is 2. The number of nitrogens with one attached hydrogen (secondary N) is 1. The Labute approximate surface area is 230 Å². The van der Waals surface area contributed by atoms with E-state index in [2.05, 4.69) is 69.4 Å². The number of aromatic nitrogens is 2. The summed E-state index contributed by atoms with van der Waals surface area (Å²) in [4.78, 5) is 17.6. The van der Waals surface area contributed by atoms with Crippen molar-refractivity contribution in [3.8, 4) is 0 Å². The summed E-state index contributed by atoms with van der Waals surface area (Å²) in [6, 6.07) is 14.1. The van der Waals surface area contributed by atoms with Crippen LogP contribution in [0.4, 0.5) is 17.3 Å². The first-order chi connectivity index (χ1) is 19.0. The Morgan fingerprint density at radius 1 is 0.897 bits per heavy atom. The number of rotatable bonds is 9. The molecule has 0 bridgehead atoms. The van der Waals surface area contributed by atoms with Gasteiger partial charge in [-0.15, -0.1) is 0 Å². The number of benzene rings is 2. The fourth-order valence-electron chi connectivity index (χ4n) is 4.14. The molecule has 4 rings (SSSR count). The number of hydrogen-bond donors (Lipinski definition) is 4. The van der Waals surface area contributed by atoms with Crippen LogP contribution in [0.15, 0.2) is 77.1 Å². The Hall–Kier alpha value is -4.72. The lowest BCUT2D eigenvalue weighted by Crippen LogP contribution is -2.07. The van der Waals surface area contributed by atoms with E-state index >= 15 is 0 Å². The molecule has 202 valence electrons. The quantitative estimate of drug-likeness (QED) is 0.207. The first-order valence-electron chi connectivity index (χ1n) is 13.0. The predicted molar refractivity (Wildman–Crippen MR) is 166 cm³/mol. The van der Waals surface area contributed by atoms with Gasteiger partial charge in [-0.3, -0.25) is 9.98 Å². The highest BCUT2D eigenvalue weighted by Crippen LogP contribution is 2.28. The number of aliphatic imine (C=N–C) groups is 2. The molecule has 0 saturated heterocycles. The molecule has 0 amide bonds. The van der Waals surface area contributed by atoms with Crippen LogP contribution in [0.5, 0.6) is 0 Å². The molecule has 0 aliphatic heterocycles. The SMILES string of the molecule is CC.Cc1cc2c(N)nccc2c(C)c1CNc1cc(N)c(C=NCc2ccc(CN=C/C=C\N)cc2)cn1. The van der Waals surface area contributed by atoms with E-state index in [-0.39, 0.29) is 0 Å². The number of nitrogen functional groups attached to an aromatic ring is 2. The van der Waals surface area contributed by atoms with Crippen molar-refractivity contribution in [1.29, 1.82) is 0 Å². The number of anilines is 3. The molecular weight excluding hydrogens is 484 g/mol. The highest BCUT2D eigenvalue weighted by molar-refractivity contribution is 5.94. The van der Waals surface area contributed by atoms with Crippen LogP contribution < -0.4 is 22.5 Å². The van der Waals surface area contributed by atoms with Crippen molar-refractivity contribution in [3.05, 3.63) is 101 Å². The van der Waals surface area contributed by atoms with Crippen LogP contribution in [0.3, 0.4) is 0 Å². The number of allylic oxidation sites excluding steroid dienone is 1. The van der Waals surface area contributed by atoms with Crippen molar-refractivity contribution in [2.75, 3.05) is 16.8 Å². The lowest BCUT2D eigenvalue weighted by atomic mass is 9.96. The molecular formula is C31H38N8. The van der Waals surface area contributed by atoms with E-state index in [1.165, 1.54) is 17.3 Å². The van der Waals surface area contributed by atoms with E-state index in [4.69, 9.17) is 17.2 Å². The Kier molecular flexibility index (Phi) is 10.6. The summed E-state index contributed by atoms with van der Waals surface area (Å²) < 4.78 is 0. The molecule has 0 atom stereocenters. The lowest BCUT2D eigenvalue weighted by molar-refractivity contribution is 1.04. The fourth-order valence-corrected chi connectivity index (χ4v) is 4.14. The second kappa shape index (κ2) is 14.3. The summed E-state index contributed by atoms with van der Waals surface area (Å²) in [6.45, 7) is 9.98. The molecule has 0 fully saturated rings. The maximum absolute atomic E-state index is 6.29. The zero-order valence-electron chi connectivity index (χ0n) is 23.1. The average molecular weight is 523 g/mol. The molecule has 7 N–H and O–H groups in total. The minimum atomic E-state index is 0.550. The van der Waals surface area contributed by atoms with Gasteiger partial charge in [0.2, 0.25) is 0 Å². The van der Waals surface area contributed by atoms with Crippen LogP contribution >= 0.6 is 0 Å². The van der Waals surface area contributed by atoms with Gasteiger partial charge < -0.3 is 22.5 Å². The first kappa shape index (κ1) is 28.8. The van der Waals surface area contributed by atoms with Gasteiger partial charge in [-0.25, -0.2) is 9.97 Å². The second-order valence-corrected chi connectivity index (χ2v) is 8.80. The van der Waals surface area contributed by atoms with Crippen LogP contribution in [-0.4, -0.2) is 22.4 Å². The zero-order chi connectivity index (χ0) is 28.2. The first-order valence-corrected chi connectivity index (χ1v) is 13.0. The number of fused-ring (bicyclic) bond motifs is 1. The number of nitrogens with zero attached hydrogens (tertiary/aromatic N) is 4. The molecule has 0 aliphatic carbocycles. The maximum atomic E-state index is 6.29. The Balaban J connectivity index is 0.00000205. The van der Waals surface area contributed by atoms with Gasteiger partial charge in [-0.2, -0.15) is 0 Å². The summed E-state index contributed by atoms with van der Waals surface area (Å²) >= 11 is 0. The standard InChI is InChI=1S/C29H32N8.C2H6/c1-19-12-25-24(8-11-35-29(25)32)20(2)26(19)18-37-28-13-27(31)23(17-36-28)16-34-15-22-6-4-21(5-7-22)14-33-10-3-9-30;1-2/h3-13,16-17H,14-15,18,30H2,1-2H3,(H2,32,35)(H3,31,36,37);1-2H3/b9-3-,33-10?,34-16?;. The maximum Gasteiger partial charge on any atom is 0.131 e. The molecule has 0 aliphatic rings. The van der Waals surface area contributed by atoms with Gasteiger partial charge in [-0.1, -0.05) is 38.1 Å². The fraction of sp³-hybridized carbons (Fsp3) is 0.226. The van der Waals surface area contributed by atoms with Gasteiger partial charge in [0.25, 0.3) is 0 Å². The van der Waals surface area contributed by atoms with Gasteiger partial charge in [0.1, 0.15) is 11.6 Å². The zero-order valence-corrected chi connectivity index (χ0v) is 23.1. The van der Waals surface area contributed by atoms with E-state index < -0.39 is 0 Å².